The third-order valence-corrected chi connectivity index (χ3v) is 3.25. The van der Waals surface area contributed by atoms with Crippen LogP contribution in [0.2, 0.25) is 0 Å². The van der Waals surface area contributed by atoms with E-state index in [1.807, 2.05) is 6.92 Å². The predicted octanol–water partition coefficient (Wildman–Crippen LogP) is 2.32. The van der Waals surface area contributed by atoms with E-state index in [4.69, 9.17) is 4.74 Å². The smallest absolute Gasteiger partial charge is 0.410 e. The van der Waals surface area contributed by atoms with Gasteiger partial charge in [0.2, 0.25) is 0 Å². The Bertz CT molecular complexity index is 481. The molecular formula is C14H22N4O2. The van der Waals surface area contributed by atoms with E-state index in [2.05, 4.69) is 23.2 Å². The average molecular weight is 278 g/mol. The summed E-state index contributed by atoms with van der Waals surface area (Å²) >= 11 is 0. The summed E-state index contributed by atoms with van der Waals surface area (Å²) in [5.41, 5.74) is 1.90. The number of rotatable bonds is 5. The highest BCUT2D eigenvalue weighted by atomic mass is 16.6. The van der Waals surface area contributed by atoms with Crippen LogP contribution in [-0.4, -0.2) is 45.7 Å². The molecule has 1 aliphatic rings. The maximum Gasteiger partial charge on any atom is 0.410 e. The standard InChI is InChI=1S/C14H22N4O2/c1-3-5-9-18-15-10-13(16-18)12-7-6-8-17(11-12)14(19)20-4-2/h7,10H,3-6,8-9,11H2,1-2H3. The molecule has 2 heterocycles. The van der Waals surface area contributed by atoms with Gasteiger partial charge in [-0.25, -0.2) is 4.79 Å². The zero-order chi connectivity index (χ0) is 14.4. The molecule has 20 heavy (non-hydrogen) atoms. The zero-order valence-electron chi connectivity index (χ0n) is 12.2. The van der Waals surface area contributed by atoms with Gasteiger partial charge in [-0.1, -0.05) is 19.4 Å². The summed E-state index contributed by atoms with van der Waals surface area (Å²) in [7, 11) is 0. The molecule has 0 fully saturated rings. The molecule has 0 saturated carbocycles. The first kappa shape index (κ1) is 14.6. The largest absolute Gasteiger partial charge is 0.450 e. The summed E-state index contributed by atoms with van der Waals surface area (Å²) < 4.78 is 5.04. The molecule has 2 rings (SSSR count). The van der Waals surface area contributed by atoms with Crippen molar-refractivity contribution in [3.05, 3.63) is 18.0 Å². The highest BCUT2D eigenvalue weighted by molar-refractivity contribution is 5.73. The van der Waals surface area contributed by atoms with Gasteiger partial charge < -0.3 is 9.64 Å². The van der Waals surface area contributed by atoms with E-state index in [0.717, 1.165) is 37.1 Å². The zero-order valence-corrected chi connectivity index (χ0v) is 12.2. The number of carbonyl (C=O) groups excluding carboxylic acids is 1. The molecule has 6 nitrogen and oxygen atoms in total. The van der Waals surface area contributed by atoms with E-state index in [0.29, 0.717) is 19.7 Å². The van der Waals surface area contributed by atoms with E-state index in [9.17, 15) is 4.79 Å². The minimum absolute atomic E-state index is 0.253. The normalized spacial score (nSPS) is 15.1. The monoisotopic (exact) mass is 278 g/mol. The number of hydrogen-bond donors (Lipinski definition) is 0. The van der Waals surface area contributed by atoms with Gasteiger partial charge >= 0.3 is 6.09 Å². The van der Waals surface area contributed by atoms with Crippen molar-refractivity contribution < 1.29 is 9.53 Å². The Hall–Kier alpha value is -1.85. The molecule has 1 aliphatic heterocycles. The van der Waals surface area contributed by atoms with E-state index in [-0.39, 0.29) is 6.09 Å². The van der Waals surface area contributed by atoms with E-state index < -0.39 is 0 Å². The average Bonchev–Trinajstić information content (AvgIpc) is 2.94. The van der Waals surface area contributed by atoms with Crippen molar-refractivity contribution in [1.82, 2.24) is 19.9 Å². The molecule has 6 heteroatoms. The van der Waals surface area contributed by atoms with Crippen LogP contribution in [0.15, 0.2) is 12.3 Å². The van der Waals surface area contributed by atoms with Crippen molar-refractivity contribution in [3.63, 3.8) is 0 Å². The van der Waals surface area contributed by atoms with E-state index in [1.54, 1.807) is 15.9 Å². The molecule has 0 N–H and O–H groups in total. The summed E-state index contributed by atoms with van der Waals surface area (Å²) in [4.78, 5) is 15.2. The maximum atomic E-state index is 11.8. The summed E-state index contributed by atoms with van der Waals surface area (Å²) in [6.07, 6.45) is 6.67. The van der Waals surface area contributed by atoms with Crippen molar-refractivity contribution in [2.75, 3.05) is 19.7 Å². The van der Waals surface area contributed by atoms with Crippen LogP contribution in [0.3, 0.4) is 0 Å². The number of nitrogens with zero attached hydrogens (tertiary/aromatic N) is 4. The molecular weight excluding hydrogens is 256 g/mol. The van der Waals surface area contributed by atoms with Crippen molar-refractivity contribution in [2.24, 2.45) is 0 Å². The van der Waals surface area contributed by atoms with Gasteiger partial charge in [-0.3, -0.25) is 0 Å². The minimum atomic E-state index is -0.253. The quantitative estimate of drug-likeness (QED) is 0.829. The first-order valence-electron chi connectivity index (χ1n) is 7.25. The van der Waals surface area contributed by atoms with Gasteiger partial charge in [0.05, 0.1) is 25.9 Å². The molecule has 1 aromatic heterocycles. The molecule has 0 unspecified atom stereocenters. The lowest BCUT2D eigenvalue weighted by Gasteiger charge is -2.25. The first-order chi connectivity index (χ1) is 9.74. The SMILES string of the molecule is CCCCn1ncc(C2=CCCN(C(=O)OCC)C2)n1. The molecule has 0 spiro atoms. The molecule has 110 valence electrons. The van der Waals surface area contributed by atoms with Crippen LogP contribution >= 0.6 is 0 Å². The Labute approximate surface area is 119 Å². The van der Waals surface area contributed by atoms with Crippen molar-refractivity contribution in [3.8, 4) is 0 Å². The van der Waals surface area contributed by atoms with Crippen LogP contribution in [-0.2, 0) is 11.3 Å². The third kappa shape index (κ3) is 3.59. The van der Waals surface area contributed by atoms with Crippen molar-refractivity contribution >= 4 is 11.7 Å². The minimum Gasteiger partial charge on any atom is -0.450 e. The van der Waals surface area contributed by atoms with Crippen LogP contribution < -0.4 is 0 Å². The van der Waals surface area contributed by atoms with Crippen molar-refractivity contribution in [2.45, 2.75) is 39.7 Å². The number of aryl methyl sites for hydroxylation is 1. The van der Waals surface area contributed by atoms with E-state index >= 15 is 0 Å². The molecule has 0 bridgehead atoms. The molecule has 1 aromatic rings. The number of aromatic nitrogens is 3. The van der Waals surface area contributed by atoms with Gasteiger partial charge in [-0.15, -0.1) is 0 Å². The number of hydrogen-bond acceptors (Lipinski definition) is 4. The maximum absolute atomic E-state index is 11.8. The summed E-state index contributed by atoms with van der Waals surface area (Å²) in [6, 6.07) is 0. The van der Waals surface area contributed by atoms with Gasteiger partial charge in [0.25, 0.3) is 0 Å². The summed E-state index contributed by atoms with van der Waals surface area (Å²) in [5.74, 6) is 0. The summed E-state index contributed by atoms with van der Waals surface area (Å²) in [5, 5.41) is 8.73. The van der Waals surface area contributed by atoms with Crippen LogP contribution in [0, 0.1) is 0 Å². The molecule has 0 saturated heterocycles. The van der Waals surface area contributed by atoms with E-state index in [1.165, 1.54) is 0 Å². The van der Waals surface area contributed by atoms with Gasteiger partial charge in [-0.2, -0.15) is 15.0 Å². The number of amides is 1. The number of ether oxygens (including phenoxy) is 1. The highest BCUT2D eigenvalue weighted by Gasteiger charge is 2.21. The molecule has 1 amide bonds. The number of carbonyl (C=O) groups is 1. The lowest BCUT2D eigenvalue weighted by Crippen LogP contribution is -2.36. The Morgan fingerprint density at radius 3 is 3.05 bits per heavy atom. The van der Waals surface area contributed by atoms with Crippen LogP contribution in [0.4, 0.5) is 4.79 Å². The van der Waals surface area contributed by atoms with Gasteiger partial charge in [0.15, 0.2) is 0 Å². The lowest BCUT2D eigenvalue weighted by molar-refractivity contribution is 0.111. The Balaban J connectivity index is 1.99. The Morgan fingerprint density at radius 2 is 2.30 bits per heavy atom. The van der Waals surface area contributed by atoms with Gasteiger partial charge in [0.1, 0.15) is 5.69 Å². The second-order valence-corrected chi connectivity index (χ2v) is 4.82. The molecule has 0 radical (unpaired) electrons. The van der Waals surface area contributed by atoms with Crippen molar-refractivity contribution in [1.29, 1.82) is 0 Å². The second kappa shape index (κ2) is 7.07. The fraction of sp³-hybridized carbons (Fsp3) is 0.643. The van der Waals surface area contributed by atoms with Crippen LogP contribution in [0.1, 0.15) is 38.8 Å². The lowest BCUT2D eigenvalue weighted by atomic mass is 10.1. The number of unbranched alkanes of at least 4 members (excludes halogenated alkanes) is 1. The first-order valence-corrected chi connectivity index (χ1v) is 7.25. The fourth-order valence-electron chi connectivity index (χ4n) is 2.15. The third-order valence-electron chi connectivity index (χ3n) is 3.25. The summed E-state index contributed by atoms with van der Waals surface area (Å²) in [6.45, 7) is 6.45. The Morgan fingerprint density at radius 1 is 1.45 bits per heavy atom. The Kier molecular flexibility index (Phi) is 5.15. The van der Waals surface area contributed by atoms with Gasteiger partial charge in [0, 0.05) is 6.54 Å². The molecule has 0 aliphatic carbocycles. The van der Waals surface area contributed by atoms with Crippen LogP contribution in [0.25, 0.3) is 5.57 Å². The second-order valence-electron chi connectivity index (χ2n) is 4.82. The van der Waals surface area contributed by atoms with Crippen LogP contribution in [0.5, 0.6) is 0 Å². The fourth-order valence-corrected chi connectivity index (χ4v) is 2.15. The highest BCUT2D eigenvalue weighted by Crippen LogP contribution is 2.19. The topological polar surface area (TPSA) is 60.2 Å². The molecule has 0 atom stereocenters. The van der Waals surface area contributed by atoms with Gasteiger partial charge in [-0.05, 0) is 25.3 Å². The molecule has 0 aromatic carbocycles. The predicted molar refractivity (Wildman–Crippen MR) is 76.1 cm³/mol.